The maximum absolute atomic E-state index is 11.2. The lowest BCUT2D eigenvalue weighted by atomic mass is 10.2. The van der Waals surface area contributed by atoms with Gasteiger partial charge in [0, 0.05) is 14.1 Å². The van der Waals surface area contributed by atoms with Crippen LogP contribution in [0.2, 0.25) is 0 Å². The van der Waals surface area contributed by atoms with Gasteiger partial charge in [-0.05, 0) is 0 Å². The van der Waals surface area contributed by atoms with Gasteiger partial charge in [0.1, 0.15) is 11.8 Å². The number of amides is 1. The monoisotopic (exact) mass is 292 g/mol. The number of cyclic esters (lactones) is 1. The molecule has 112 valence electrons. The number of nitrogens with one attached hydrogen (secondary N) is 1. The van der Waals surface area contributed by atoms with E-state index in [2.05, 4.69) is 20.5 Å². The number of nitriles is 1. The molecule has 1 fully saturated rings. The number of ether oxygens (including phenoxy) is 1. The molecule has 10 nitrogen and oxygen atoms in total. The third-order valence-electron chi connectivity index (χ3n) is 2.86. The van der Waals surface area contributed by atoms with Gasteiger partial charge in [0.2, 0.25) is 0 Å². The summed E-state index contributed by atoms with van der Waals surface area (Å²) in [6, 6.07) is 1.28. The van der Waals surface area contributed by atoms with Crippen LogP contribution in [0.3, 0.4) is 0 Å². The Balaban J connectivity index is 1.91. The molecule has 3 N–H and O–H groups in total. The molecule has 1 saturated heterocycles. The number of aromatic nitrogens is 3. The largest absolute Gasteiger partial charge is 0.442 e. The molecule has 21 heavy (non-hydrogen) atoms. The third-order valence-corrected chi connectivity index (χ3v) is 2.86. The molecule has 1 aliphatic heterocycles. The van der Waals surface area contributed by atoms with Crippen molar-refractivity contribution in [3.63, 3.8) is 0 Å². The molecule has 2 heterocycles. The topological polar surface area (TPSA) is 134 Å². The van der Waals surface area contributed by atoms with Crippen molar-refractivity contribution in [1.29, 1.82) is 5.26 Å². The van der Waals surface area contributed by atoms with Crippen LogP contribution in [0, 0.1) is 11.3 Å². The summed E-state index contributed by atoms with van der Waals surface area (Å²) in [5.74, 6) is 0.0813. The Labute approximate surface area is 121 Å². The Morgan fingerprint density at radius 1 is 1.76 bits per heavy atom. The predicted octanol–water partition coefficient (Wildman–Crippen LogP) is -1.27. The highest BCUT2D eigenvalue weighted by Crippen LogP contribution is 2.09. The van der Waals surface area contributed by atoms with Crippen molar-refractivity contribution in [1.82, 2.24) is 25.2 Å². The van der Waals surface area contributed by atoms with Crippen LogP contribution in [0.1, 0.15) is 11.7 Å². The third kappa shape index (κ3) is 3.59. The first-order chi connectivity index (χ1) is 9.99. The molecule has 1 aromatic heterocycles. The van der Waals surface area contributed by atoms with E-state index in [4.69, 9.17) is 15.7 Å². The number of rotatable bonds is 4. The van der Waals surface area contributed by atoms with Crippen LogP contribution >= 0.6 is 0 Å². The maximum Gasteiger partial charge on any atom is 0.410 e. The summed E-state index contributed by atoms with van der Waals surface area (Å²) < 4.78 is 5.05. The zero-order chi connectivity index (χ0) is 15.4. The van der Waals surface area contributed by atoms with E-state index in [-0.39, 0.29) is 24.7 Å². The maximum atomic E-state index is 11.2. The van der Waals surface area contributed by atoms with Gasteiger partial charge in [0.15, 0.2) is 12.0 Å². The molecular weight excluding hydrogens is 276 g/mol. The second kappa shape index (κ2) is 6.08. The second-order valence-electron chi connectivity index (χ2n) is 4.58. The molecule has 1 aliphatic rings. The molecule has 0 saturated carbocycles. The van der Waals surface area contributed by atoms with Crippen LogP contribution in [0.5, 0.6) is 0 Å². The van der Waals surface area contributed by atoms with Crippen molar-refractivity contribution in [3.8, 4) is 6.07 Å². The van der Waals surface area contributed by atoms with Gasteiger partial charge in [0.05, 0.1) is 25.4 Å². The number of hydrogen-bond donors (Lipinski definition) is 2. The molecule has 0 radical (unpaired) electrons. The van der Waals surface area contributed by atoms with Gasteiger partial charge in [0.25, 0.3) is 0 Å². The number of aliphatic imine (C=N–C) groups is 1. The average molecular weight is 292 g/mol. The number of carbonyl (C=O) groups is 1. The number of likely N-dealkylation sites (N-methyl/N-ethyl adjacent to an activating group) is 1. The van der Waals surface area contributed by atoms with Crippen molar-refractivity contribution in [2.45, 2.75) is 12.1 Å². The highest BCUT2D eigenvalue weighted by Gasteiger charge is 2.27. The molecule has 1 aromatic rings. The highest BCUT2D eigenvalue weighted by molar-refractivity contribution is 5.78. The molecule has 0 aliphatic carbocycles. The Morgan fingerprint density at radius 3 is 3.05 bits per heavy atom. The Kier molecular flexibility index (Phi) is 4.22. The number of carbonyl (C=O) groups excluding carboxylic acids is 1. The van der Waals surface area contributed by atoms with Crippen LogP contribution in [-0.4, -0.2) is 58.2 Å². The number of guanidine groups is 1. The van der Waals surface area contributed by atoms with Crippen molar-refractivity contribution in [3.05, 3.63) is 11.9 Å². The summed E-state index contributed by atoms with van der Waals surface area (Å²) in [4.78, 5) is 18.1. The van der Waals surface area contributed by atoms with E-state index < -0.39 is 6.04 Å². The second-order valence-corrected chi connectivity index (χ2v) is 4.58. The summed E-state index contributed by atoms with van der Waals surface area (Å²) in [7, 11) is 3.30. The van der Waals surface area contributed by atoms with Gasteiger partial charge < -0.3 is 20.7 Å². The first-order valence-electron chi connectivity index (χ1n) is 6.23. The minimum Gasteiger partial charge on any atom is -0.442 e. The molecule has 1 unspecified atom stereocenters. The molecule has 1 amide bonds. The Morgan fingerprint density at radius 2 is 2.52 bits per heavy atom. The lowest BCUT2D eigenvalue weighted by molar-refractivity contribution is 0.137. The standard InChI is InChI=1S/C11H16N8O2/c1-18-6-7(21-11(18)20)4-14-10(13)16-8(3-12)9-5-15-19(2)17-9/h5,7-8H,4,6H2,1-2H3,(H3,13,14,16)/t7-,8?/m1/s1. The van der Waals surface area contributed by atoms with Crippen LogP contribution < -0.4 is 11.1 Å². The van der Waals surface area contributed by atoms with Gasteiger partial charge in [-0.15, -0.1) is 0 Å². The number of aryl methyl sites for hydroxylation is 1. The fourth-order valence-electron chi connectivity index (χ4n) is 1.80. The minimum atomic E-state index is -0.740. The van der Waals surface area contributed by atoms with E-state index in [1.807, 2.05) is 6.07 Å². The normalized spacial score (nSPS) is 20.0. The van der Waals surface area contributed by atoms with Gasteiger partial charge in [-0.3, -0.25) is 0 Å². The zero-order valence-electron chi connectivity index (χ0n) is 11.7. The number of nitrogens with zero attached hydrogens (tertiary/aromatic N) is 6. The molecule has 0 spiro atoms. The first kappa shape index (κ1) is 14.6. The fourth-order valence-corrected chi connectivity index (χ4v) is 1.80. The van der Waals surface area contributed by atoms with Crippen molar-refractivity contribution in [2.75, 3.05) is 20.1 Å². The first-order valence-corrected chi connectivity index (χ1v) is 6.23. The molecule has 10 heteroatoms. The van der Waals surface area contributed by atoms with E-state index in [0.717, 1.165) is 0 Å². The quantitative estimate of drug-likeness (QED) is 0.522. The summed E-state index contributed by atoms with van der Waals surface area (Å²) in [5, 5.41) is 19.8. The Bertz CT molecular complexity index is 589. The SMILES string of the molecule is CN1C[C@@H](CN=C(N)NC(C#N)c2cnn(C)n2)OC1=O. The summed E-state index contributed by atoms with van der Waals surface area (Å²) in [6.45, 7) is 0.689. The van der Waals surface area contributed by atoms with Crippen molar-refractivity contribution in [2.24, 2.45) is 17.8 Å². The van der Waals surface area contributed by atoms with Gasteiger partial charge >= 0.3 is 6.09 Å². The van der Waals surface area contributed by atoms with Crippen molar-refractivity contribution >= 4 is 12.1 Å². The van der Waals surface area contributed by atoms with E-state index in [1.165, 1.54) is 15.9 Å². The summed E-state index contributed by atoms with van der Waals surface area (Å²) in [6.07, 6.45) is 0.762. The molecule has 0 bridgehead atoms. The van der Waals surface area contributed by atoms with E-state index in [1.54, 1.807) is 14.1 Å². The lowest BCUT2D eigenvalue weighted by Gasteiger charge is -2.10. The smallest absolute Gasteiger partial charge is 0.410 e. The number of nitrogens with two attached hydrogens (primary N) is 1. The number of hydrogen-bond acceptors (Lipinski definition) is 6. The molecular formula is C11H16N8O2. The summed E-state index contributed by atoms with van der Waals surface area (Å²) >= 11 is 0. The zero-order valence-corrected chi connectivity index (χ0v) is 11.7. The van der Waals surface area contributed by atoms with Crippen LogP contribution in [-0.2, 0) is 11.8 Å². The van der Waals surface area contributed by atoms with Gasteiger partial charge in [-0.25, -0.2) is 9.79 Å². The minimum absolute atomic E-state index is 0.0813. The fraction of sp³-hybridized carbons (Fsp3) is 0.545. The van der Waals surface area contributed by atoms with E-state index in [9.17, 15) is 4.79 Å². The van der Waals surface area contributed by atoms with E-state index in [0.29, 0.717) is 12.2 Å². The predicted molar refractivity (Wildman–Crippen MR) is 71.9 cm³/mol. The van der Waals surface area contributed by atoms with Crippen LogP contribution in [0.15, 0.2) is 11.2 Å². The van der Waals surface area contributed by atoms with Gasteiger partial charge in [-0.2, -0.15) is 20.3 Å². The van der Waals surface area contributed by atoms with Crippen LogP contribution in [0.4, 0.5) is 4.79 Å². The average Bonchev–Trinajstić information content (AvgIpc) is 3.00. The van der Waals surface area contributed by atoms with E-state index >= 15 is 0 Å². The Hall–Kier alpha value is -2.83. The summed E-state index contributed by atoms with van der Waals surface area (Å²) in [5.41, 5.74) is 6.17. The lowest BCUT2D eigenvalue weighted by Crippen LogP contribution is -2.35. The highest BCUT2D eigenvalue weighted by atomic mass is 16.6. The molecule has 2 atom stereocenters. The van der Waals surface area contributed by atoms with Crippen molar-refractivity contribution < 1.29 is 9.53 Å². The molecule has 0 aromatic carbocycles. The van der Waals surface area contributed by atoms with Crippen LogP contribution in [0.25, 0.3) is 0 Å². The molecule has 2 rings (SSSR count). The van der Waals surface area contributed by atoms with Gasteiger partial charge in [-0.1, -0.05) is 0 Å².